The topological polar surface area (TPSA) is 94.1 Å². The van der Waals surface area contributed by atoms with Gasteiger partial charge in [0.2, 0.25) is 0 Å². The maximum absolute atomic E-state index is 12.7. The van der Waals surface area contributed by atoms with E-state index in [4.69, 9.17) is 9.47 Å². The van der Waals surface area contributed by atoms with Gasteiger partial charge in [-0.05, 0) is 53.2 Å². The molecule has 0 fully saturated rings. The van der Waals surface area contributed by atoms with Crippen molar-refractivity contribution in [3.8, 4) is 11.5 Å². The van der Waals surface area contributed by atoms with Gasteiger partial charge in [0.1, 0.15) is 11.5 Å². The summed E-state index contributed by atoms with van der Waals surface area (Å²) in [7, 11) is -2.30. The first-order valence-electron chi connectivity index (χ1n) is 9.96. The number of benzene rings is 4. The van der Waals surface area contributed by atoms with Crippen LogP contribution in [0.5, 0.6) is 11.5 Å². The second-order valence-electron chi connectivity index (χ2n) is 6.98. The fraction of sp³-hybridized carbons (Fsp3) is 0.0400. The number of ether oxygens (including phenoxy) is 2. The quantitative estimate of drug-likeness (QED) is 0.191. The molecule has 0 radical (unpaired) electrons. The summed E-state index contributed by atoms with van der Waals surface area (Å²) >= 11 is 0. The van der Waals surface area contributed by atoms with Crippen LogP contribution < -0.4 is 14.3 Å². The Hall–Kier alpha value is -4.17. The van der Waals surface area contributed by atoms with Crippen molar-refractivity contribution < 1.29 is 22.7 Å². The highest BCUT2D eigenvalue weighted by Gasteiger charge is 2.15. The summed E-state index contributed by atoms with van der Waals surface area (Å²) in [6.07, 6.45) is 1.33. The zero-order valence-electron chi connectivity index (χ0n) is 17.6. The number of hydrogen-bond donors (Lipinski definition) is 1. The van der Waals surface area contributed by atoms with Gasteiger partial charge >= 0.3 is 5.97 Å². The van der Waals surface area contributed by atoms with Gasteiger partial charge in [0.05, 0.1) is 23.8 Å². The third kappa shape index (κ3) is 5.02. The molecular formula is C25H20N2O5S. The molecule has 0 bridgehead atoms. The Bertz CT molecular complexity index is 1420. The van der Waals surface area contributed by atoms with Gasteiger partial charge in [-0.15, -0.1) is 0 Å². The van der Waals surface area contributed by atoms with Crippen LogP contribution in [0.25, 0.3) is 10.8 Å². The molecule has 0 spiro atoms. The molecule has 1 N–H and O–H groups in total. The van der Waals surface area contributed by atoms with Crippen molar-refractivity contribution in [3.63, 3.8) is 0 Å². The number of fused-ring (bicyclic) bond motifs is 1. The zero-order valence-corrected chi connectivity index (χ0v) is 18.5. The van der Waals surface area contributed by atoms with Gasteiger partial charge in [0.15, 0.2) is 0 Å². The minimum absolute atomic E-state index is 0.0891. The van der Waals surface area contributed by atoms with E-state index in [-0.39, 0.29) is 10.6 Å². The van der Waals surface area contributed by atoms with E-state index in [0.29, 0.717) is 16.9 Å². The SMILES string of the molecule is COc1ccc(C(=O)Oc2ccc3ccccc3c2C=NNS(=O)(=O)c2ccccc2)cc1. The first kappa shape index (κ1) is 22.0. The van der Waals surface area contributed by atoms with E-state index < -0.39 is 16.0 Å². The van der Waals surface area contributed by atoms with Gasteiger partial charge in [0.25, 0.3) is 10.0 Å². The predicted molar refractivity (Wildman–Crippen MR) is 126 cm³/mol. The molecule has 0 unspecified atom stereocenters. The Balaban J connectivity index is 1.65. The van der Waals surface area contributed by atoms with Crippen LogP contribution in [0.3, 0.4) is 0 Å². The van der Waals surface area contributed by atoms with Gasteiger partial charge < -0.3 is 9.47 Å². The summed E-state index contributed by atoms with van der Waals surface area (Å²) < 4.78 is 35.7. The number of carbonyl (C=O) groups is 1. The van der Waals surface area contributed by atoms with Crippen molar-refractivity contribution in [2.24, 2.45) is 5.10 Å². The molecule has 0 atom stereocenters. The van der Waals surface area contributed by atoms with Crippen LogP contribution in [0, 0.1) is 0 Å². The number of rotatable bonds is 7. The Morgan fingerprint density at radius 3 is 2.30 bits per heavy atom. The van der Waals surface area contributed by atoms with Crippen LogP contribution in [0.1, 0.15) is 15.9 Å². The molecule has 0 aromatic heterocycles. The summed E-state index contributed by atoms with van der Waals surface area (Å²) in [5, 5.41) is 5.57. The number of carbonyl (C=O) groups excluding carboxylic acids is 1. The van der Waals surface area contributed by atoms with Crippen LogP contribution in [0.4, 0.5) is 0 Å². The molecule has 4 rings (SSSR count). The van der Waals surface area contributed by atoms with Gasteiger partial charge in [-0.2, -0.15) is 13.5 Å². The second-order valence-corrected chi connectivity index (χ2v) is 8.64. The number of nitrogens with zero attached hydrogens (tertiary/aromatic N) is 1. The molecule has 4 aromatic carbocycles. The molecule has 0 aliphatic rings. The monoisotopic (exact) mass is 460 g/mol. The Morgan fingerprint density at radius 1 is 0.879 bits per heavy atom. The van der Waals surface area contributed by atoms with E-state index in [2.05, 4.69) is 9.93 Å². The summed E-state index contributed by atoms with van der Waals surface area (Å²) in [5.74, 6) is 0.306. The lowest BCUT2D eigenvalue weighted by molar-refractivity contribution is 0.0734. The van der Waals surface area contributed by atoms with Crippen LogP contribution in [-0.4, -0.2) is 27.7 Å². The molecule has 0 aliphatic heterocycles. The molecule has 33 heavy (non-hydrogen) atoms. The third-order valence-corrected chi connectivity index (χ3v) is 6.12. The summed E-state index contributed by atoms with van der Waals surface area (Å²) in [4.78, 5) is 15.0. The summed E-state index contributed by atoms with van der Waals surface area (Å²) in [6, 6.07) is 25.4. The van der Waals surface area contributed by atoms with Crippen molar-refractivity contribution >= 4 is 33.0 Å². The van der Waals surface area contributed by atoms with Gasteiger partial charge in [0, 0.05) is 5.56 Å². The first-order chi connectivity index (χ1) is 16.0. The number of methoxy groups -OCH3 is 1. The molecular weight excluding hydrogens is 440 g/mol. The van der Waals surface area contributed by atoms with E-state index in [1.54, 1.807) is 55.6 Å². The van der Waals surface area contributed by atoms with Gasteiger partial charge in [-0.3, -0.25) is 0 Å². The molecule has 0 aliphatic carbocycles. The molecule has 7 nitrogen and oxygen atoms in total. The Labute approximate surface area is 191 Å². The lowest BCUT2D eigenvalue weighted by atomic mass is 10.0. The predicted octanol–water partition coefficient (Wildman–Crippen LogP) is 4.38. The highest BCUT2D eigenvalue weighted by atomic mass is 32.2. The standard InChI is InChI=1S/C25H20N2O5S/c1-31-20-14-11-19(12-15-20)25(28)32-24-16-13-18-7-5-6-10-22(18)23(24)17-26-27-33(29,30)21-8-3-2-4-9-21/h2-17,27H,1H3. The number of hydrogen-bond acceptors (Lipinski definition) is 6. The second kappa shape index (κ2) is 9.54. The largest absolute Gasteiger partial charge is 0.497 e. The molecule has 0 amide bonds. The van der Waals surface area contributed by atoms with Crippen LogP contribution in [-0.2, 0) is 10.0 Å². The minimum atomic E-state index is -3.84. The smallest absolute Gasteiger partial charge is 0.343 e. The Kier molecular flexibility index (Phi) is 6.37. The molecule has 0 heterocycles. The maximum atomic E-state index is 12.7. The highest BCUT2D eigenvalue weighted by Crippen LogP contribution is 2.27. The average Bonchev–Trinajstić information content (AvgIpc) is 2.85. The van der Waals surface area contributed by atoms with Gasteiger partial charge in [-0.1, -0.05) is 48.5 Å². The summed E-state index contributed by atoms with van der Waals surface area (Å²) in [6.45, 7) is 0. The maximum Gasteiger partial charge on any atom is 0.343 e. The zero-order chi connectivity index (χ0) is 23.3. The summed E-state index contributed by atoms with van der Waals surface area (Å²) in [5.41, 5.74) is 0.808. The van der Waals surface area contributed by atoms with E-state index >= 15 is 0 Å². The van der Waals surface area contributed by atoms with E-state index in [9.17, 15) is 13.2 Å². The van der Waals surface area contributed by atoms with Crippen molar-refractivity contribution in [2.45, 2.75) is 4.90 Å². The van der Waals surface area contributed by atoms with Crippen molar-refractivity contribution in [1.82, 2.24) is 4.83 Å². The Morgan fingerprint density at radius 2 is 1.58 bits per heavy atom. The van der Waals surface area contributed by atoms with Crippen molar-refractivity contribution in [1.29, 1.82) is 0 Å². The molecule has 0 saturated carbocycles. The lowest BCUT2D eigenvalue weighted by Crippen LogP contribution is -2.18. The average molecular weight is 461 g/mol. The number of sulfonamides is 1. The number of nitrogens with one attached hydrogen (secondary N) is 1. The van der Waals surface area contributed by atoms with E-state index in [0.717, 1.165) is 10.8 Å². The minimum Gasteiger partial charge on any atom is -0.497 e. The highest BCUT2D eigenvalue weighted by molar-refractivity contribution is 7.89. The fourth-order valence-corrected chi connectivity index (χ4v) is 4.01. The number of hydrazone groups is 1. The third-order valence-electron chi connectivity index (χ3n) is 4.88. The lowest BCUT2D eigenvalue weighted by Gasteiger charge is -2.11. The van der Waals surface area contributed by atoms with Gasteiger partial charge in [-0.25, -0.2) is 9.63 Å². The number of esters is 1. The van der Waals surface area contributed by atoms with Crippen LogP contribution in [0.15, 0.2) is 101 Å². The van der Waals surface area contributed by atoms with E-state index in [1.807, 2.05) is 30.3 Å². The molecule has 4 aromatic rings. The molecule has 0 saturated heterocycles. The molecule has 166 valence electrons. The van der Waals surface area contributed by atoms with Crippen molar-refractivity contribution in [2.75, 3.05) is 7.11 Å². The van der Waals surface area contributed by atoms with Crippen molar-refractivity contribution in [3.05, 3.63) is 102 Å². The van der Waals surface area contributed by atoms with Crippen LogP contribution >= 0.6 is 0 Å². The normalized spacial score (nSPS) is 11.4. The first-order valence-corrected chi connectivity index (χ1v) is 11.4. The van der Waals surface area contributed by atoms with Crippen LogP contribution in [0.2, 0.25) is 0 Å². The van der Waals surface area contributed by atoms with E-state index in [1.165, 1.54) is 18.3 Å². The fourth-order valence-electron chi connectivity index (χ4n) is 3.20. The molecule has 8 heteroatoms.